The summed E-state index contributed by atoms with van der Waals surface area (Å²) in [7, 11) is 0. The SMILES string of the molecule is [2H]C(C(=O)O)=C([2H])C([2H])=C([2H])C([2H])([2H])C([2H])([2H])C([2H])([2H])C([2H])([2H])C([2H])([2H])C([2H])([2H])C([2H])([2H])C([2H])([2H])C([2H])([2H])C([2H])([2H])C([2H])([2H])[2H]. The van der Waals surface area contributed by atoms with E-state index in [9.17, 15) is 4.79 Å². The Morgan fingerprint density at radius 2 is 1.72 bits per heavy atom. The monoisotopic (exact) mass is 279 g/mol. The first kappa shape index (κ1) is 2.34. The normalized spacial score (nSPS) is 44.6. The molecule has 0 amide bonds. The molecule has 0 aromatic rings. The second-order valence-electron chi connectivity index (χ2n) is 2.06. The van der Waals surface area contributed by atoms with Crippen molar-refractivity contribution in [2.75, 3.05) is 0 Å². The van der Waals surface area contributed by atoms with Crippen LogP contribution >= 0.6 is 0 Å². The molecule has 104 valence electrons. The van der Waals surface area contributed by atoms with Crippen molar-refractivity contribution in [3.05, 3.63) is 24.2 Å². The van der Waals surface area contributed by atoms with Crippen LogP contribution in [0.15, 0.2) is 24.2 Å². The van der Waals surface area contributed by atoms with Gasteiger partial charge in [0.05, 0.1) is 5.48 Å². The number of aliphatic carboxylic acids is 1. The van der Waals surface area contributed by atoms with Crippen molar-refractivity contribution in [2.45, 2.75) is 70.6 Å². The fraction of sp³-hybridized carbons (Fsp3) is 0.688. The standard InChI is InChI=1S/C16H28O2/c1-2-3-4-5-6-7-8-9-10-11-12-13-14-15-16(17)18/h12-15H,2-11H2,1H3,(H,17,18)/i1D3,2D2,3D2,4D2,5D2,6D2,7D2,8D2,9D2,10D2,11D2,12D,13D,14D,15D. The van der Waals surface area contributed by atoms with Gasteiger partial charge >= 0.3 is 5.97 Å². The van der Waals surface area contributed by atoms with Crippen LogP contribution in [-0.2, 0) is 4.79 Å². The van der Waals surface area contributed by atoms with E-state index in [0.29, 0.717) is 0 Å². The van der Waals surface area contributed by atoms with Crippen LogP contribution in [0.5, 0.6) is 0 Å². The van der Waals surface area contributed by atoms with Gasteiger partial charge in [0.25, 0.3) is 0 Å². The van der Waals surface area contributed by atoms with Gasteiger partial charge in [0.15, 0.2) is 0 Å². The summed E-state index contributed by atoms with van der Waals surface area (Å²) in [4.78, 5) is 10.9. The minimum atomic E-state index is -4.92. The molecule has 0 aliphatic heterocycles. The highest BCUT2D eigenvalue weighted by atomic mass is 16.4. The third-order valence-corrected chi connectivity index (χ3v) is 0.919. The number of carboxylic acid groups (broad SMARTS) is 1. The summed E-state index contributed by atoms with van der Waals surface area (Å²) in [5.41, 5.74) is 0. The van der Waals surface area contributed by atoms with Gasteiger partial charge in [-0.05, 0) is 12.7 Å². The smallest absolute Gasteiger partial charge is 0.328 e. The molecule has 0 bridgehead atoms. The maximum atomic E-state index is 10.9. The van der Waals surface area contributed by atoms with E-state index in [1.54, 1.807) is 0 Å². The van der Waals surface area contributed by atoms with Crippen LogP contribution in [-0.4, -0.2) is 11.1 Å². The molecule has 0 heterocycles. The Bertz CT molecular complexity index is 1220. The van der Waals surface area contributed by atoms with Crippen LogP contribution in [0, 0.1) is 0 Å². The van der Waals surface area contributed by atoms with Crippen LogP contribution in [0.3, 0.4) is 0 Å². The number of carbonyl (C=O) groups is 1. The van der Waals surface area contributed by atoms with Gasteiger partial charge in [-0.2, -0.15) is 0 Å². The predicted molar refractivity (Wildman–Crippen MR) is 77.8 cm³/mol. The fourth-order valence-corrected chi connectivity index (χ4v) is 0.428. The molecule has 0 aromatic heterocycles. The maximum Gasteiger partial charge on any atom is 0.328 e. The topological polar surface area (TPSA) is 37.3 Å². The zero-order valence-electron chi connectivity index (χ0n) is 35.9. The fourth-order valence-electron chi connectivity index (χ4n) is 0.428. The average molecular weight is 280 g/mol. The third kappa shape index (κ3) is 14.9. The van der Waals surface area contributed by atoms with Gasteiger partial charge in [-0.3, -0.25) is 0 Å². The molecule has 0 atom stereocenters. The minimum Gasteiger partial charge on any atom is -0.478 e. The van der Waals surface area contributed by atoms with Crippen LogP contribution in [0.1, 0.15) is 108 Å². The Balaban J connectivity index is 7.51. The van der Waals surface area contributed by atoms with Crippen LogP contribution in [0.4, 0.5) is 0 Å². The zero-order valence-corrected chi connectivity index (χ0v) is 8.86. The molecule has 0 fully saturated rings. The van der Waals surface area contributed by atoms with E-state index >= 15 is 0 Å². The number of carboxylic acids is 1. The van der Waals surface area contributed by atoms with Gasteiger partial charge in [-0.1, -0.05) is 76.0 Å². The van der Waals surface area contributed by atoms with E-state index in [1.807, 2.05) is 0 Å². The molecular weight excluding hydrogens is 224 g/mol. The van der Waals surface area contributed by atoms with Gasteiger partial charge in [0.1, 0.15) is 0 Å². The highest BCUT2D eigenvalue weighted by Gasteiger charge is 1.90. The Morgan fingerprint density at radius 1 is 1.11 bits per heavy atom. The van der Waals surface area contributed by atoms with Crippen LogP contribution in [0.2, 0.25) is 0 Å². The minimum absolute atomic E-state index is 1.69. The Labute approximate surface area is 150 Å². The second-order valence-corrected chi connectivity index (χ2v) is 2.06. The first-order valence-electron chi connectivity index (χ1n) is 17.7. The van der Waals surface area contributed by atoms with E-state index in [4.69, 9.17) is 42.1 Å². The molecule has 0 unspecified atom stereocenters. The van der Waals surface area contributed by atoms with Gasteiger partial charge in [-0.15, -0.1) is 0 Å². The molecule has 0 saturated carbocycles. The summed E-state index contributed by atoms with van der Waals surface area (Å²) in [5.74, 6) is -2.16. The van der Waals surface area contributed by atoms with Crippen molar-refractivity contribution in [1.29, 1.82) is 0 Å². The molecule has 1 N–H and O–H groups in total. The second kappa shape index (κ2) is 14.0. The molecule has 0 saturated heterocycles. The molecule has 0 rings (SSSR count). The molecule has 0 radical (unpaired) electrons. The highest BCUT2D eigenvalue weighted by Crippen LogP contribution is 2.10. The summed E-state index contributed by atoms with van der Waals surface area (Å²) in [5, 5.41) is 8.79. The number of hydrogen-bond donors (Lipinski definition) is 1. The van der Waals surface area contributed by atoms with Crippen LogP contribution in [0.25, 0.3) is 0 Å². The van der Waals surface area contributed by atoms with Gasteiger partial charge in [-0.25, -0.2) is 4.79 Å². The van der Waals surface area contributed by atoms with Crippen LogP contribution < -0.4 is 0 Å². The summed E-state index contributed by atoms with van der Waals surface area (Å²) in [6, 6.07) is -7.29. The quantitative estimate of drug-likeness (QED) is 0.398. The Morgan fingerprint density at radius 3 is 2.33 bits per heavy atom. The zero-order chi connectivity index (χ0) is 37.4. The Hall–Kier alpha value is -1.05. The van der Waals surface area contributed by atoms with Crippen molar-refractivity contribution in [3.63, 3.8) is 0 Å². The summed E-state index contributed by atoms with van der Waals surface area (Å²) >= 11 is 0. The van der Waals surface area contributed by atoms with Crippen molar-refractivity contribution >= 4 is 5.97 Å². The predicted octanol–water partition coefficient (Wildman–Crippen LogP) is 5.10. The van der Waals surface area contributed by atoms with Crippen molar-refractivity contribution < 1.29 is 46.9 Å². The van der Waals surface area contributed by atoms with E-state index in [-0.39, 0.29) is 0 Å². The van der Waals surface area contributed by atoms with E-state index in [0.717, 1.165) is 0 Å². The lowest BCUT2D eigenvalue weighted by Gasteiger charge is -2.00. The maximum absolute atomic E-state index is 10.9. The molecule has 2 nitrogen and oxygen atoms in total. The van der Waals surface area contributed by atoms with E-state index in [1.165, 1.54) is 0 Å². The van der Waals surface area contributed by atoms with Gasteiger partial charge < -0.3 is 5.11 Å². The third-order valence-electron chi connectivity index (χ3n) is 0.919. The average Bonchev–Trinajstić information content (AvgIpc) is 2.84. The van der Waals surface area contributed by atoms with Crippen molar-refractivity contribution in [2.24, 2.45) is 0 Å². The number of allylic oxidation sites excluding steroid dienone is 3. The first-order chi connectivity index (χ1) is 19.1. The molecular formula is C16H28O2. The van der Waals surface area contributed by atoms with E-state index < -0.39 is 101 Å². The first-order valence-corrected chi connectivity index (χ1v) is 4.18. The molecule has 0 aliphatic carbocycles. The van der Waals surface area contributed by atoms with E-state index in [2.05, 4.69) is 0 Å². The van der Waals surface area contributed by atoms with Crippen molar-refractivity contribution in [3.8, 4) is 0 Å². The molecule has 0 aromatic carbocycles. The summed E-state index contributed by atoms with van der Waals surface area (Å²) < 4.78 is 211. The largest absolute Gasteiger partial charge is 0.478 e. The highest BCUT2D eigenvalue weighted by molar-refractivity contribution is 5.80. The molecule has 0 aliphatic rings. The molecule has 18 heavy (non-hydrogen) atoms. The lowest BCUT2D eigenvalue weighted by Crippen LogP contribution is -1.84. The van der Waals surface area contributed by atoms with Crippen molar-refractivity contribution in [1.82, 2.24) is 0 Å². The molecule has 0 spiro atoms. The summed E-state index contributed by atoms with van der Waals surface area (Å²) in [6.07, 6.45) is -47.0. The molecule has 2 heteroatoms. The lowest BCUT2D eigenvalue weighted by atomic mass is 10.1. The van der Waals surface area contributed by atoms with Gasteiger partial charge in [0, 0.05) is 37.6 Å². The number of rotatable bonds is 12. The lowest BCUT2D eigenvalue weighted by molar-refractivity contribution is -0.131. The van der Waals surface area contributed by atoms with Gasteiger partial charge in [0.2, 0.25) is 0 Å². The summed E-state index contributed by atoms with van der Waals surface area (Å²) in [6.45, 7) is -4.04. The number of hydrogen-bond acceptors (Lipinski definition) is 1. The Kier molecular flexibility index (Phi) is 1.82.